The zero-order chi connectivity index (χ0) is 15.6. The van der Waals surface area contributed by atoms with Gasteiger partial charge in [0.25, 0.3) is 5.69 Å². The molecule has 7 nitrogen and oxygen atoms in total. The SMILES string of the molecule is Cn1ncnc1CNc1ccc([N+](=O)[O-])c(C(F)(F)F)c1. The van der Waals surface area contributed by atoms with Gasteiger partial charge in [-0.05, 0) is 12.1 Å². The van der Waals surface area contributed by atoms with Gasteiger partial charge in [-0.1, -0.05) is 0 Å². The Labute approximate surface area is 116 Å². The molecule has 1 N–H and O–H groups in total. The molecule has 0 aliphatic heterocycles. The Balaban J connectivity index is 2.26. The van der Waals surface area contributed by atoms with Crippen molar-refractivity contribution in [3.63, 3.8) is 0 Å². The summed E-state index contributed by atoms with van der Waals surface area (Å²) in [6, 6.07) is 2.74. The highest BCUT2D eigenvalue weighted by molar-refractivity contribution is 5.55. The third-order valence-corrected chi connectivity index (χ3v) is 2.75. The second-order valence-corrected chi connectivity index (χ2v) is 4.14. The van der Waals surface area contributed by atoms with E-state index in [1.54, 1.807) is 7.05 Å². The van der Waals surface area contributed by atoms with E-state index in [0.717, 1.165) is 6.07 Å². The van der Waals surface area contributed by atoms with E-state index in [0.29, 0.717) is 11.9 Å². The molecule has 1 aromatic carbocycles. The van der Waals surface area contributed by atoms with Gasteiger partial charge in [-0.2, -0.15) is 18.3 Å². The van der Waals surface area contributed by atoms with Crippen LogP contribution in [0, 0.1) is 10.1 Å². The summed E-state index contributed by atoms with van der Waals surface area (Å²) in [5.74, 6) is 0.516. The van der Waals surface area contributed by atoms with Gasteiger partial charge in [0.2, 0.25) is 0 Å². The van der Waals surface area contributed by atoms with Crippen molar-refractivity contribution in [2.75, 3.05) is 5.32 Å². The lowest BCUT2D eigenvalue weighted by atomic mass is 10.1. The fraction of sp³-hybridized carbons (Fsp3) is 0.273. The molecule has 0 atom stereocenters. The van der Waals surface area contributed by atoms with E-state index in [1.807, 2.05) is 0 Å². The maximum Gasteiger partial charge on any atom is 0.423 e. The van der Waals surface area contributed by atoms with Crippen LogP contribution in [0.25, 0.3) is 0 Å². The average Bonchev–Trinajstić information content (AvgIpc) is 2.80. The molecule has 2 rings (SSSR count). The van der Waals surface area contributed by atoms with Gasteiger partial charge in [0, 0.05) is 18.8 Å². The van der Waals surface area contributed by atoms with Crippen LogP contribution < -0.4 is 5.32 Å². The Hall–Kier alpha value is -2.65. The third kappa shape index (κ3) is 3.27. The Morgan fingerprint density at radius 3 is 2.67 bits per heavy atom. The topological polar surface area (TPSA) is 85.9 Å². The molecule has 112 valence electrons. The zero-order valence-corrected chi connectivity index (χ0v) is 10.8. The first-order valence-corrected chi connectivity index (χ1v) is 5.71. The third-order valence-electron chi connectivity index (χ3n) is 2.75. The summed E-state index contributed by atoms with van der Waals surface area (Å²) in [6.45, 7) is 0.144. The molecule has 0 amide bonds. The zero-order valence-electron chi connectivity index (χ0n) is 10.8. The van der Waals surface area contributed by atoms with Gasteiger partial charge in [0.1, 0.15) is 17.7 Å². The highest BCUT2D eigenvalue weighted by atomic mass is 19.4. The number of aromatic nitrogens is 3. The number of halogens is 3. The van der Waals surface area contributed by atoms with Crippen LogP contribution in [-0.4, -0.2) is 19.7 Å². The number of rotatable bonds is 4. The number of hydrogen-bond acceptors (Lipinski definition) is 5. The molecule has 0 aliphatic carbocycles. The molecule has 0 aliphatic rings. The number of alkyl halides is 3. The summed E-state index contributed by atoms with van der Waals surface area (Å²) in [6.07, 6.45) is -3.49. The van der Waals surface area contributed by atoms with E-state index < -0.39 is 22.4 Å². The highest BCUT2D eigenvalue weighted by Gasteiger charge is 2.38. The van der Waals surface area contributed by atoms with Crippen LogP contribution in [0.3, 0.4) is 0 Å². The van der Waals surface area contributed by atoms with Crippen LogP contribution >= 0.6 is 0 Å². The summed E-state index contributed by atoms with van der Waals surface area (Å²) >= 11 is 0. The molecule has 0 unspecified atom stereocenters. The standard InChI is InChI=1S/C11H10F3N5O2/c1-18-10(16-6-17-18)5-15-7-2-3-9(19(20)21)8(4-7)11(12,13)14/h2-4,6,15H,5H2,1H3. The van der Waals surface area contributed by atoms with Crippen molar-refractivity contribution in [1.29, 1.82) is 0 Å². The Morgan fingerprint density at radius 1 is 1.43 bits per heavy atom. The molecule has 0 bridgehead atoms. The Morgan fingerprint density at radius 2 is 2.14 bits per heavy atom. The molecule has 1 heterocycles. The summed E-state index contributed by atoms with van der Waals surface area (Å²) < 4.78 is 39.9. The lowest BCUT2D eigenvalue weighted by molar-refractivity contribution is -0.388. The van der Waals surface area contributed by atoms with Gasteiger partial charge in [0.05, 0.1) is 11.5 Å². The van der Waals surface area contributed by atoms with Gasteiger partial charge in [0.15, 0.2) is 0 Å². The number of nitrogens with zero attached hydrogens (tertiary/aromatic N) is 4. The number of anilines is 1. The van der Waals surface area contributed by atoms with Crippen molar-refractivity contribution < 1.29 is 18.1 Å². The first-order chi connectivity index (χ1) is 9.79. The van der Waals surface area contributed by atoms with E-state index in [-0.39, 0.29) is 12.2 Å². The van der Waals surface area contributed by atoms with Gasteiger partial charge >= 0.3 is 6.18 Å². The summed E-state index contributed by atoms with van der Waals surface area (Å²) in [7, 11) is 1.64. The van der Waals surface area contributed by atoms with Crippen LogP contribution in [0.1, 0.15) is 11.4 Å². The number of hydrogen-bond donors (Lipinski definition) is 1. The van der Waals surface area contributed by atoms with Gasteiger partial charge in [-0.15, -0.1) is 0 Å². The Kier molecular flexibility index (Phi) is 3.78. The van der Waals surface area contributed by atoms with Crippen LogP contribution in [0.5, 0.6) is 0 Å². The minimum atomic E-state index is -4.80. The number of benzene rings is 1. The van der Waals surface area contributed by atoms with Gasteiger partial charge in [-0.25, -0.2) is 4.98 Å². The molecule has 10 heteroatoms. The predicted octanol–water partition coefficient (Wildman–Crippen LogP) is 2.35. The maximum atomic E-state index is 12.8. The summed E-state index contributed by atoms with van der Waals surface area (Å²) in [4.78, 5) is 13.5. The second kappa shape index (κ2) is 5.38. The van der Waals surface area contributed by atoms with Gasteiger partial charge in [-0.3, -0.25) is 14.8 Å². The van der Waals surface area contributed by atoms with E-state index in [1.165, 1.54) is 17.1 Å². The number of nitrogens with one attached hydrogen (secondary N) is 1. The fourth-order valence-electron chi connectivity index (χ4n) is 1.69. The van der Waals surface area contributed by atoms with Crippen molar-refractivity contribution in [2.45, 2.75) is 12.7 Å². The normalized spacial score (nSPS) is 11.4. The maximum absolute atomic E-state index is 12.8. The molecule has 0 fully saturated rings. The molecule has 2 aromatic rings. The van der Waals surface area contributed by atoms with Crippen LogP contribution in [-0.2, 0) is 19.8 Å². The largest absolute Gasteiger partial charge is 0.423 e. The smallest absolute Gasteiger partial charge is 0.378 e. The summed E-state index contributed by atoms with van der Waals surface area (Å²) in [5, 5.41) is 17.2. The van der Waals surface area contributed by atoms with Crippen molar-refractivity contribution in [3.8, 4) is 0 Å². The molecule has 1 aromatic heterocycles. The minimum Gasteiger partial charge on any atom is -0.378 e. The van der Waals surface area contributed by atoms with Crippen molar-refractivity contribution in [1.82, 2.24) is 14.8 Å². The fourth-order valence-corrected chi connectivity index (χ4v) is 1.69. The highest BCUT2D eigenvalue weighted by Crippen LogP contribution is 2.37. The first kappa shape index (κ1) is 14.8. The number of aryl methyl sites for hydroxylation is 1. The molecule has 0 saturated carbocycles. The second-order valence-electron chi connectivity index (χ2n) is 4.14. The van der Waals surface area contributed by atoms with Crippen molar-refractivity contribution >= 4 is 11.4 Å². The molecule has 0 radical (unpaired) electrons. The van der Waals surface area contributed by atoms with Gasteiger partial charge < -0.3 is 5.32 Å². The average molecular weight is 301 g/mol. The molecular formula is C11H10F3N5O2. The minimum absolute atomic E-state index is 0.107. The molecule has 0 spiro atoms. The van der Waals surface area contributed by atoms with Crippen molar-refractivity contribution in [2.24, 2.45) is 7.05 Å². The lowest BCUT2D eigenvalue weighted by Gasteiger charge is -2.11. The van der Waals surface area contributed by atoms with Crippen molar-refractivity contribution in [3.05, 3.63) is 46.0 Å². The van der Waals surface area contributed by atoms with Crippen LogP contribution in [0.15, 0.2) is 24.5 Å². The van der Waals surface area contributed by atoms with E-state index in [9.17, 15) is 23.3 Å². The van der Waals surface area contributed by atoms with E-state index in [2.05, 4.69) is 15.4 Å². The number of nitro groups is 1. The molecular weight excluding hydrogens is 291 g/mol. The van der Waals surface area contributed by atoms with E-state index >= 15 is 0 Å². The van der Waals surface area contributed by atoms with Crippen LogP contribution in [0.2, 0.25) is 0 Å². The molecule has 21 heavy (non-hydrogen) atoms. The number of nitro benzene ring substituents is 1. The quantitative estimate of drug-likeness (QED) is 0.692. The van der Waals surface area contributed by atoms with Crippen LogP contribution in [0.4, 0.5) is 24.5 Å². The Bertz CT molecular complexity index is 668. The summed E-state index contributed by atoms with van der Waals surface area (Å²) in [5.41, 5.74) is -2.17. The predicted molar refractivity (Wildman–Crippen MR) is 66.4 cm³/mol. The first-order valence-electron chi connectivity index (χ1n) is 5.71. The lowest BCUT2D eigenvalue weighted by Crippen LogP contribution is -2.11. The van der Waals surface area contributed by atoms with E-state index in [4.69, 9.17) is 0 Å². The monoisotopic (exact) mass is 301 g/mol. The molecule has 0 saturated heterocycles.